The van der Waals surface area contributed by atoms with Crippen LogP contribution in [0.1, 0.15) is 84.0 Å². The number of nitrogens with zero attached hydrogens (tertiary/aromatic N) is 1. The molecule has 1 saturated heterocycles. The normalized spacial score (nSPS) is 18.3. The van der Waals surface area contributed by atoms with Gasteiger partial charge in [0.05, 0.1) is 0 Å². The summed E-state index contributed by atoms with van der Waals surface area (Å²) in [6, 6.07) is -3.31. The van der Waals surface area contributed by atoms with Crippen molar-refractivity contribution in [1.29, 1.82) is 0 Å². The van der Waals surface area contributed by atoms with E-state index in [0.717, 1.165) is 12.8 Å². The van der Waals surface area contributed by atoms with Crippen LogP contribution in [0.4, 0.5) is 0 Å². The van der Waals surface area contributed by atoms with Crippen molar-refractivity contribution >= 4 is 35.4 Å². The van der Waals surface area contributed by atoms with Crippen LogP contribution in [0.15, 0.2) is 0 Å². The van der Waals surface area contributed by atoms with Gasteiger partial charge >= 0.3 is 11.9 Å². The topological polar surface area (TPSA) is 210 Å². The van der Waals surface area contributed by atoms with Gasteiger partial charge in [-0.15, -0.1) is 0 Å². The van der Waals surface area contributed by atoms with E-state index in [1.807, 2.05) is 6.92 Å². The van der Waals surface area contributed by atoms with Crippen LogP contribution >= 0.6 is 0 Å². The van der Waals surface area contributed by atoms with Gasteiger partial charge in [-0.05, 0) is 25.7 Å². The Morgan fingerprint density at radius 3 is 2.06 bits per heavy atom. The Labute approximate surface area is 198 Å². The molecule has 0 radical (unpaired) electrons. The molecule has 0 aliphatic carbocycles. The third-order valence-electron chi connectivity index (χ3n) is 5.86. The molecule has 0 aromatic rings. The van der Waals surface area contributed by atoms with E-state index < -0.39 is 59.6 Å². The van der Waals surface area contributed by atoms with Gasteiger partial charge in [0.15, 0.2) is 5.78 Å². The Bertz CT molecular complexity index is 769. The number of amides is 3. The molecule has 1 unspecified atom stereocenters. The van der Waals surface area contributed by atoms with E-state index in [-0.39, 0.29) is 25.7 Å². The number of hydrogen-bond acceptors (Lipinski definition) is 8. The Morgan fingerprint density at radius 2 is 1.56 bits per heavy atom. The number of imide groups is 1. The molecule has 0 aromatic heterocycles. The molecule has 12 heteroatoms. The molecule has 12 nitrogen and oxygen atoms in total. The number of carboxylic acids is 2. The zero-order valence-electron chi connectivity index (χ0n) is 19.6. The predicted octanol–water partition coefficient (Wildman–Crippen LogP) is 0.262. The highest BCUT2D eigenvalue weighted by Gasteiger charge is 2.57. The molecule has 0 spiro atoms. The zero-order valence-corrected chi connectivity index (χ0v) is 19.6. The van der Waals surface area contributed by atoms with E-state index in [0.29, 0.717) is 37.0 Å². The average molecular weight is 485 g/mol. The van der Waals surface area contributed by atoms with Gasteiger partial charge in [0.2, 0.25) is 23.4 Å². The molecule has 34 heavy (non-hydrogen) atoms. The van der Waals surface area contributed by atoms with E-state index >= 15 is 0 Å². The molecule has 192 valence electrons. The van der Waals surface area contributed by atoms with Gasteiger partial charge in [-0.3, -0.25) is 24.0 Å². The quantitative estimate of drug-likeness (QED) is 0.168. The van der Waals surface area contributed by atoms with Crippen molar-refractivity contribution in [3.05, 3.63) is 0 Å². The summed E-state index contributed by atoms with van der Waals surface area (Å²) in [5.41, 5.74) is 8.67. The van der Waals surface area contributed by atoms with E-state index in [4.69, 9.17) is 16.6 Å². The number of Topliss-reactive ketones (excluding diaryl/α,β-unsaturated/α-hetero) is 1. The number of unbranched alkanes of at least 4 members (excludes halogenated alkanes) is 3. The van der Waals surface area contributed by atoms with Crippen LogP contribution in [-0.2, 0) is 28.8 Å². The maximum absolute atomic E-state index is 12.9. The van der Waals surface area contributed by atoms with Gasteiger partial charge in [0.1, 0.15) is 12.1 Å². The van der Waals surface area contributed by atoms with Crippen molar-refractivity contribution in [2.75, 3.05) is 0 Å². The fourth-order valence-corrected chi connectivity index (χ4v) is 3.84. The highest BCUT2D eigenvalue weighted by molar-refractivity contribution is 6.06. The Hall–Kier alpha value is -2.86. The maximum Gasteiger partial charge on any atom is 0.353 e. The van der Waals surface area contributed by atoms with Crippen molar-refractivity contribution in [1.82, 2.24) is 10.2 Å². The summed E-state index contributed by atoms with van der Waals surface area (Å²) in [5, 5.41) is 21.3. The minimum atomic E-state index is -2.84. The maximum atomic E-state index is 12.9. The second kappa shape index (κ2) is 13.8. The van der Waals surface area contributed by atoms with Crippen LogP contribution in [0, 0.1) is 0 Å². The number of carboxylic acid groups (broad SMARTS) is 2. The third kappa shape index (κ3) is 7.59. The highest BCUT2D eigenvalue weighted by atomic mass is 16.4. The largest absolute Gasteiger partial charge is 0.480 e. The first kappa shape index (κ1) is 29.2. The number of nitrogens with two attached hydrogens (primary N) is 2. The first-order valence-electron chi connectivity index (χ1n) is 11.7. The minimum Gasteiger partial charge on any atom is -0.480 e. The minimum absolute atomic E-state index is 0.0911. The predicted molar refractivity (Wildman–Crippen MR) is 120 cm³/mol. The fraction of sp³-hybridized carbons (Fsp3) is 0.727. The Morgan fingerprint density at radius 1 is 0.971 bits per heavy atom. The molecular formula is C22H36N4O8. The lowest BCUT2D eigenvalue weighted by molar-refractivity contribution is -0.174. The molecule has 0 aromatic carbocycles. The first-order valence-corrected chi connectivity index (χ1v) is 11.7. The second-order valence-electron chi connectivity index (χ2n) is 8.54. The smallest absolute Gasteiger partial charge is 0.353 e. The SMILES string of the molecule is CCCCCCC(=O)C(N)[C@@](NC(=O)CC[C@@H](N)C(=O)O)(C(=O)O)N1C(=O)CCCCCC1=O. The van der Waals surface area contributed by atoms with Gasteiger partial charge in [-0.2, -0.15) is 0 Å². The number of carbonyl (C=O) groups is 6. The molecule has 1 aliphatic heterocycles. The van der Waals surface area contributed by atoms with Crippen molar-refractivity contribution in [3.63, 3.8) is 0 Å². The van der Waals surface area contributed by atoms with Crippen LogP contribution in [0.25, 0.3) is 0 Å². The summed E-state index contributed by atoms with van der Waals surface area (Å²) >= 11 is 0. The zero-order chi connectivity index (χ0) is 25.9. The van der Waals surface area contributed by atoms with Crippen LogP contribution in [0.2, 0.25) is 0 Å². The third-order valence-corrected chi connectivity index (χ3v) is 5.86. The summed E-state index contributed by atoms with van der Waals surface area (Å²) in [6.07, 6.45) is 3.04. The molecule has 1 aliphatic rings. The van der Waals surface area contributed by atoms with Gasteiger partial charge in [-0.25, -0.2) is 9.69 Å². The fourth-order valence-electron chi connectivity index (χ4n) is 3.84. The lowest BCUT2D eigenvalue weighted by Gasteiger charge is -2.43. The Balaban J connectivity index is 3.37. The molecule has 7 N–H and O–H groups in total. The van der Waals surface area contributed by atoms with E-state index in [1.165, 1.54) is 0 Å². The molecule has 3 atom stereocenters. The standard InChI is InChI=1S/C22H36N4O8/c1-2-3-4-6-9-15(27)19(24)22(21(33)34,25-16(28)13-12-14(23)20(31)32)26-17(29)10-7-5-8-11-18(26)30/h14,19H,2-13,23-24H2,1H3,(H,25,28)(H,31,32)(H,33,34)/t14-,19?,22+/m1/s1. The van der Waals surface area contributed by atoms with Gasteiger partial charge in [0.25, 0.3) is 0 Å². The van der Waals surface area contributed by atoms with Crippen molar-refractivity contribution < 1.29 is 39.0 Å². The lowest BCUT2D eigenvalue weighted by Crippen LogP contribution is -2.77. The summed E-state index contributed by atoms with van der Waals surface area (Å²) < 4.78 is 0. The molecule has 3 amide bonds. The molecule has 1 rings (SSSR count). The number of likely N-dealkylation sites (tertiary alicyclic amines) is 1. The monoisotopic (exact) mass is 484 g/mol. The summed E-state index contributed by atoms with van der Waals surface area (Å²) in [5.74, 6) is -6.63. The van der Waals surface area contributed by atoms with E-state index in [1.54, 1.807) is 0 Å². The van der Waals surface area contributed by atoms with Crippen molar-refractivity contribution in [3.8, 4) is 0 Å². The summed E-state index contributed by atoms with van der Waals surface area (Å²) in [7, 11) is 0. The van der Waals surface area contributed by atoms with Crippen LogP contribution in [-0.4, -0.2) is 68.3 Å². The summed E-state index contributed by atoms with van der Waals surface area (Å²) in [6.45, 7) is 1.98. The molecule has 0 saturated carbocycles. The van der Waals surface area contributed by atoms with E-state index in [9.17, 15) is 33.9 Å². The van der Waals surface area contributed by atoms with Crippen molar-refractivity contribution in [2.24, 2.45) is 11.5 Å². The number of ketones is 1. The van der Waals surface area contributed by atoms with Crippen LogP contribution < -0.4 is 16.8 Å². The number of nitrogens with one attached hydrogen (secondary N) is 1. The number of rotatable bonds is 14. The van der Waals surface area contributed by atoms with E-state index in [2.05, 4.69) is 5.32 Å². The second-order valence-corrected chi connectivity index (χ2v) is 8.54. The number of aliphatic carboxylic acids is 2. The molecule has 1 heterocycles. The highest BCUT2D eigenvalue weighted by Crippen LogP contribution is 2.26. The van der Waals surface area contributed by atoms with Gasteiger partial charge in [-0.1, -0.05) is 32.6 Å². The average Bonchev–Trinajstić information content (AvgIpc) is 2.77. The Kier molecular flexibility index (Phi) is 11.8. The number of carbonyl (C=O) groups excluding carboxylic acids is 4. The first-order chi connectivity index (χ1) is 16.0. The number of hydrogen-bond donors (Lipinski definition) is 5. The molecule has 1 fully saturated rings. The lowest BCUT2D eigenvalue weighted by atomic mass is 9.89. The van der Waals surface area contributed by atoms with Crippen molar-refractivity contribution in [2.45, 2.75) is 102 Å². The molecular weight excluding hydrogens is 448 g/mol. The van der Waals surface area contributed by atoms with Crippen LogP contribution in [0.5, 0.6) is 0 Å². The summed E-state index contributed by atoms with van der Waals surface area (Å²) in [4.78, 5) is 75.4. The molecule has 0 bridgehead atoms. The van der Waals surface area contributed by atoms with Gasteiger partial charge < -0.3 is 27.0 Å². The van der Waals surface area contributed by atoms with Gasteiger partial charge in [0, 0.05) is 25.7 Å². The van der Waals surface area contributed by atoms with Crippen LogP contribution in [0.3, 0.4) is 0 Å².